The van der Waals surface area contributed by atoms with Crippen LogP contribution in [0.3, 0.4) is 0 Å². The van der Waals surface area contributed by atoms with Gasteiger partial charge >= 0.3 is 0 Å². The summed E-state index contributed by atoms with van der Waals surface area (Å²) in [5.41, 5.74) is 6.86. The fourth-order valence-electron chi connectivity index (χ4n) is 11.1. The molecule has 12 rings (SSSR count). The number of ether oxygens (including phenoxy) is 1. The smallest absolute Gasteiger partial charge is 0.262 e. The fraction of sp³-hybridized carbons (Fsp3) is 0.417. The van der Waals surface area contributed by atoms with Crippen LogP contribution < -0.4 is 25.2 Å². The minimum atomic E-state index is -0.955. The molecular formula is C48H50N10O5. The average Bonchev–Trinajstić information content (AvgIpc) is 3.63. The van der Waals surface area contributed by atoms with Crippen molar-refractivity contribution < 1.29 is 23.9 Å². The highest BCUT2D eigenvalue weighted by Gasteiger charge is 2.47. The third-order valence-electron chi connectivity index (χ3n) is 14.6. The molecule has 15 heteroatoms. The van der Waals surface area contributed by atoms with Crippen LogP contribution in [0, 0.1) is 17.8 Å². The number of rotatable bonds is 11. The summed E-state index contributed by atoms with van der Waals surface area (Å²) in [4.78, 5) is 71.1. The summed E-state index contributed by atoms with van der Waals surface area (Å²) < 4.78 is 8.31. The van der Waals surface area contributed by atoms with Gasteiger partial charge in [0, 0.05) is 130 Å². The number of carbonyl (C=O) groups excluding carboxylic acids is 4. The first-order valence-electron chi connectivity index (χ1n) is 22.4. The minimum absolute atomic E-state index is 0.106. The molecule has 2 N–H and O–H groups in total. The molecule has 0 radical (unpaired) electrons. The molecule has 63 heavy (non-hydrogen) atoms. The van der Waals surface area contributed by atoms with E-state index < -0.39 is 23.8 Å². The number of hydrogen-bond donors (Lipinski definition) is 2. The summed E-state index contributed by atoms with van der Waals surface area (Å²) in [6, 6.07) is 22.6. The van der Waals surface area contributed by atoms with Crippen molar-refractivity contribution in [2.75, 3.05) is 81.1 Å². The van der Waals surface area contributed by atoms with Crippen LogP contribution in [0.4, 0.5) is 23.0 Å². The van der Waals surface area contributed by atoms with E-state index in [-0.39, 0.29) is 18.7 Å². The van der Waals surface area contributed by atoms with Crippen molar-refractivity contribution in [3.63, 3.8) is 0 Å². The Labute approximate surface area is 365 Å². The number of anilines is 4. The molecule has 15 nitrogen and oxygen atoms in total. The molecular weight excluding hydrogens is 797 g/mol. The van der Waals surface area contributed by atoms with Crippen LogP contribution in [0.25, 0.3) is 22.2 Å². The maximum Gasteiger partial charge on any atom is 0.262 e. The minimum Gasteiger partial charge on any atom is -0.494 e. The summed E-state index contributed by atoms with van der Waals surface area (Å²) in [5, 5.41) is 6.91. The van der Waals surface area contributed by atoms with Gasteiger partial charge in [0.2, 0.25) is 17.8 Å². The lowest BCUT2D eigenvalue weighted by Gasteiger charge is -2.49. The number of nitrogens with zero attached hydrogens (tertiary/aromatic N) is 8. The highest BCUT2D eigenvalue weighted by atomic mass is 16.5. The van der Waals surface area contributed by atoms with Gasteiger partial charge in [-0.25, -0.2) is 9.97 Å². The van der Waals surface area contributed by atoms with E-state index in [0.717, 1.165) is 92.2 Å². The number of amides is 4. The van der Waals surface area contributed by atoms with Crippen LogP contribution in [0.1, 0.15) is 52.4 Å². The number of fused-ring (bicyclic) bond motifs is 3. The molecule has 8 heterocycles. The van der Waals surface area contributed by atoms with E-state index in [9.17, 15) is 19.2 Å². The van der Waals surface area contributed by atoms with Crippen LogP contribution in [-0.2, 0) is 9.59 Å². The van der Waals surface area contributed by atoms with Crippen LogP contribution in [0.5, 0.6) is 5.75 Å². The van der Waals surface area contributed by atoms with Crippen molar-refractivity contribution in [3.05, 3.63) is 90.3 Å². The quantitative estimate of drug-likeness (QED) is 0.177. The van der Waals surface area contributed by atoms with Crippen molar-refractivity contribution in [1.82, 2.24) is 34.6 Å². The Morgan fingerprint density at radius 1 is 0.762 bits per heavy atom. The molecule has 3 unspecified atom stereocenters. The van der Waals surface area contributed by atoms with E-state index in [4.69, 9.17) is 9.72 Å². The number of aromatic nitrogens is 3. The second kappa shape index (κ2) is 14.9. The molecule has 3 atom stereocenters. The zero-order chi connectivity index (χ0) is 42.5. The maximum absolute atomic E-state index is 13.3. The van der Waals surface area contributed by atoms with Crippen LogP contribution in [0.15, 0.2) is 79.1 Å². The molecule has 322 valence electrons. The Balaban J connectivity index is 0.615. The molecule has 3 aromatic carbocycles. The van der Waals surface area contributed by atoms with E-state index >= 15 is 0 Å². The van der Waals surface area contributed by atoms with E-state index in [0.29, 0.717) is 46.9 Å². The number of imide groups is 2. The van der Waals surface area contributed by atoms with Gasteiger partial charge in [-0.1, -0.05) is 18.2 Å². The second-order valence-electron chi connectivity index (χ2n) is 18.7. The molecule has 0 bridgehead atoms. The lowest BCUT2D eigenvalue weighted by atomic mass is 9.95. The van der Waals surface area contributed by atoms with Gasteiger partial charge in [-0.2, -0.15) is 0 Å². The number of likely N-dealkylation sites (tertiary alicyclic amines) is 2. The first-order valence-corrected chi connectivity index (χ1v) is 22.4. The average molecular weight is 847 g/mol. The zero-order valence-electron chi connectivity index (χ0n) is 35.3. The SMILES string of the molecule is COc1cc(N2CC3CN(C4CN(CC5CN(c6ccc7c(c6)C(=O)N(C6CCC(=O)NC6=O)C7=O)C5)C4)CC3C2)ccc1Nc1nccc(-c2cn(C3CC3)c3ccccc23)n1. The highest BCUT2D eigenvalue weighted by molar-refractivity contribution is 6.23. The molecule has 0 spiro atoms. The number of carbonyl (C=O) groups is 4. The first-order chi connectivity index (χ1) is 30.7. The van der Waals surface area contributed by atoms with E-state index in [1.807, 2.05) is 18.3 Å². The highest BCUT2D eigenvalue weighted by Crippen LogP contribution is 2.42. The number of piperidine rings is 1. The predicted molar refractivity (Wildman–Crippen MR) is 237 cm³/mol. The van der Waals surface area contributed by atoms with E-state index in [2.05, 4.69) is 88.4 Å². The molecule has 4 amide bonds. The fourth-order valence-corrected chi connectivity index (χ4v) is 11.1. The van der Waals surface area contributed by atoms with Crippen molar-refractivity contribution in [2.24, 2.45) is 17.8 Å². The maximum atomic E-state index is 13.3. The van der Waals surface area contributed by atoms with Gasteiger partial charge in [0.15, 0.2) is 0 Å². The summed E-state index contributed by atoms with van der Waals surface area (Å²) >= 11 is 0. The first kappa shape index (κ1) is 38.4. The van der Waals surface area contributed by atoms with Crippen molar-refractivity contribution >= 4 is 57.5 Å². The molecule has 6 fully saturated rings. The van der Waals surface area contributed by atoms with E-state index in [1.54, 1.807) is 19.2 Å². The molecule has 5 saturated heterocycles. The van der Waals surface area contributed by atoms with Gasteiger partial charge in [0.05, 0.1) is 29.6 Å². The standard InChI is InChI=1S/C48H50N10O5/c1-63-43-17-33(9-11-40(43)51-48-49-15-14-39(50-48)38-27-57(31-6-7-31)41-5-3-2-4-35(38)41)55-21-29-23-56(24-30(29)22-55)34-25-53(26-34)18-28-19-54(20-28)32-8-10-36-37(16-32)47(62)58(46(36)61)42-12-13-44(59)52-45(42)60/h2-5,8-11,14-17,27-31,34,42H,6-7,12-13,18-26H2,1H3,(H,49,50,51)(H,52,59,60). The Morgan fingerprint density at radius 3 is 2.29 bits per heavy atom. The summed E-state index contributed by atoms with van der Waals surface area (Å²) in [6.07, 6.45) is 6.78. The number of nitrogens with one attached hydrogen (secondary N) is 2. The lowest BCUT2D eigenvalue weighted by molar-refractivity contribution is -0.136. The van der Waals surface area contributed by atoms with Crippen molar-refractivity contribution in [1.29, 1.82) is 0 Å². The zero-order valence-corrected chi connectivity index (χ0v) is 35.3. The molecule has 5 aromatic rings. The van der Waals surface area contributed by atoms with Gasteiger partial charge in [0.25, 0.3) is 11.8 Å². The van der Waals surface area contributed by atoms with Crippen LogP contribution in [-0.4, -0.2) is 131 Å². The Morgan fingerprint density at radius 2 is 1.51 bits per heavy atom. The summed E-state index contributed by atoms with van der Waals surface area (Å²) in [5.74, 6) is 1.25. The molecule has 1 aliphatic carbocycles. The summed E-state index contributed by atoms with van der Waals surface area (Å²) in [6.45, 7) is 9.44. The molecule has 1 saturated carbocycles. The van der Waals surface area contributed by atoms with Gasteiger partial charge in [-0.15, -0.1) is 0 Å². The Hall–Kier alpha value is -6.32. The number of benzene rings is 3. The van der Waals surface area contributed by atoms with Crippen molar-refractivity contribution in [3.8, 4) is 17.0 Å². The van der Waals surface area contributed by atoms with Gasteiger partial charge in [-0.3, -0.25) is 39.2 Å². The molecule has 6 aliphatic heterocycles. The van der Waals surface area contributed by atoms with Gasteiger partial charge in [-0.05, 0) is 73.6 Å². The second-order valence-corrected chi connectivity index (χ2v) is 18.7. The van der Waals surface area contributed by atoms with E-state index in [1.165, 1.54) is 29.4 Å². The number of hydrogen-bond acceptors (Lipinski definition) is 12. The molecule has 7 aliphatic rings. The summed E-state index contributed by atoms with van der Waals surface area (Å²) in [7, 11) is 1.72. The Kier molecular flexibility index (Phi) is 9.08. The van der Waals surface area contributed by atoms with Gasteiger partial charge in [0.1, 0.15) is 11.8 Å². The third kappa shape index (κ3) is 6.71. The van der Waals surface area contributed by atoms with Gasteiger partial charge < -0.3 is 24.4 Å². The Bertz CT molecular complexity index is 2690. The third-order valence-corrected chi connectivity index (χ3v) is 14.6. The van der Waals surface area contributed by atoms with Crippen molar-refractivity contribution in [2.45, 2.75) is 43.8 Å². The predicted octanol–water partition coefficient (Wildman–Crippen LogP) is 4.78. The van der Waals surface area contributed by atoms with Crippen LogP contribution in [0.2, 0.25) is 0 Å². The monoisotopic (exact) mass is 846 g/mol. The lowest BCUT2D eigenvalue weighted by Crippen LogP contribution is -2.62. The number of methoxy groups -OCH3 is 1. The number of para-hydroxylation sites is 1. The van der Waals surface area contributed by atoms with Crippen LogP contribution >= 0.6 is 0 Å². The molecule has 2 aromatic heterocycles. The normalized spacial score (nSPS) is 24.2. The topological polar surface area (TPSA) is 148 Å². The largest absolute Gasteiger partial charge is 0.494 e.